The molecule has 0 saturated carbocycles. The Morgan fingerprint density at radius 1 is 0.755 bits per heavy atom. The van der Waals surface area contributed by atoms with Crippen LogP contribution in [0, 0.1) is 40.5 Å². The molecule has 3 N–H and O–H groups in total. The fourth-order valence-corrected chi connectivity index (χ4v) is 11.7. The Balaban J connectivity index is 0.976. The van der Waals surface area contributed by atoms with Gasteiger partial charge in [-0.25, -0.2) is 0 Å². The van der Waals surface area contributed by atoms with Gasteiger partial charge in [0.2, 0.25) is 0 Å². The van der Waals surface area contributed by atoms with Gasteiger partial charge in [-0.2, -0.15) is 0 Å². The smallest absolute Gasteiger partial charge is 0.157 e. The summed E-state index contributed by atoms with van der Waals surface area (Å²) in [5, 5.41) is 17.8. The molecule has 4 aromatic rings. The monoisotopic (exact) mass is 706 g/mol. The maximum absolute atomic E-state index is 5.86. The van der Waals surface area contributed by atoms with E-state index in [0.717, 1.165) is 55.2 Å². The summed E-state index contributed by atoms with van der Waals surface area (Å²) in [6.45, 7) is 11.2. The van der Waals surface area contributed by atoms with E-state index in [1.807, 2.05) is 40.1 Å². The van der Waals surface area contributed by atoms with E-state index in [1.54, 1.807) is 12.6 Å². The summed E-state index contributed by atoms with van der Waals surface area (Å²) < 4.78 is 5.86. The van der Waals surface area contributed by atoms with Crippen molar-refractivity contribution in [2.24, 2.45) is 20.9 Å². The lowest BCUT2D eigenvalue weighted by Gasteiger charge is -2.28. The fourth-order valence-electron chi connectivity index (χ4n) is 8.27. The summed E-state index contributed by atoms with van der Waals surface area (Å²) in [7, 11) is 0. The SMILES string of the molecule is Cc1csc(C2N=C(CC3=NC(c4scc(C)c4C)C4=C(CC(Cc5csc(C6N=CNc7ccoc76)c5C)C4)N3)NC3=C2CCC3)c1C. The number of rotatable bonds is 7. The third kappa shape index (κ3) is 5.38. The maximum atomic E-state index is 5.86. The maximum Gasteiger partial charge on any atom is 0.157 e. The van der Waals surface area contributed by atoms with E-state index in [1.165, 1.54) is 77.0 Å². The average Bonchev–Trinajstić information content (AvgIpc) is 3.95. The number of anilines is 1. The third-order valence-corrected chi connectivity index (χ3v) is 15.0. The zero-order chi connectivity index (χ0) is 33.4. The molecule has 4 unspecified atom stereocenters. The van der Waals surface area contributed by atoms with Gasteiger partial charge in [-0.1, -0.05) is 0 Å². The molecule has 9 rings (SSSR count). The van der Waals surface area contributed by atoms with Gasteiger partial charge in [-0.15, -0.1) is 34.0 Å². The van der Waals surface area contributed by atoms with Crippen LogP contribution in [0.2, 0.25) is 0 Å². The largest absolute Gasteiger partial charge is 0.464 e. The van der Waals surface area contributed by atoms with Gasteiger partial charge in [-0.05, 0) is 140 Å². The lowest BCUT2D eigenvalue weighted by Crippen LogP contribution is -2.36. The van der Waals surface area contributed by atoms with Crippen molar-refractivity contribution in [3.63, 3.8) is 0 Å². The van der Waals surface area contributed by atoms with Crippen LogP contribution in [0.1, 0.15) is 110 Å². The number of aliphatic imine (C=N–C) groups is 3. The van der Waals surface area contributed by atoms with Gasteiger partial charge in [0.25, 0.3) is 0 Å². The van der Waals surface area contributed by atoms with Crippen LogP contribution in [0.4, 0.5) is 5.69 Å². The van der Waals surface area contributed by atoms with Crippen LogP contribution in [0.3, 0.4) is 0 Å². The highest BCUT2D eigenvalue weighted by Crippen LogP contribution is 2.48. The molecular weight excluding hydrogens is 665 g/mol. The number of fused-ring (bicyclic) bond motifs is 1. The van der Waals surface area contributed by atoms with E-state index in [4.69, 9.17) is 19.4 Å². The van der Waals surface area contributed by atoms with Crippen LogP contribution >= 0.6 is 34.0 Å². The first-order chi connectivity index (χ1) is 23.8. The van der Waals surface area contributed by atoms with Crippen molar-refractivity contribution < 1.29 is 4.42 Å². The average molecular weight is 707 g/mol. The fraction of sp³-hybridized carbons (Fsp3) is 0.410. The number of hydrogen-bond acceptors (Lipinski definition) is 10. The molecule has 4 atom stereocenters. The summed E-state index contributed by atoms with van der Waals surface area (Å²) in [5.74, 6) is 3.51. The van der Waals surface area contributed by atoms with Crippen molar-refractivity contribution >= 4 is 57.7 Å². The van der Waals surface area contributed by atoms with E-state index in [-0.39, 0.29) is 18.1 Å². The van der Waals surface area contributed by atoms with Crippen molar-refractivity contribution in [3.8, 4) is 0 Å². The standard InChI is InChI=1S/C39H42N6OS3/c1-19-15-47-37(21(19)3)33-26-7-6-8-28(26)42-31(44-33)14-32-43-30-13-24(12-27(30)34(45-32)38-22(4)20(2)16-48-38)11-25-17-49-39(23(25)5)35-36-29(9-10-46-36)40-18-41-35/h9-10,15-18,24,33-35H,6-8,11-14H2,1-5H3,(H,40,41)(H,42,44)(H,43,45). The Morgan fingerprint density at radius 3 is 2.14 bits per heavy atom. The molecule has 0 bridgehead atoms. The topological polar surface area (TPSA) is 86.3 Å². The zero-order valence-corrected chi connectivity index (χ0v) is 31.1. The predicted molar refractivity (Wildman–Crippen MR) is 205 cm³/mol. The predicted octanol–water partition coefficient (Wildman–Crippen LogP) is 10.1. The Morgan fingerprint density at radius 2 is 1.43 bits per heavy atom. The molecule has 4 aromatic heterocycles. The van der Waals surface area contributed by atoms with Crippen LogP contribution in [0.25, 0.3) is 0 Å². The van der Waals surface area contributed by atoms with Gasteiger partial charge in [0.05, 0.1) is 24.7 Å². The van der Waals surface area contributed by atoms with Crippen molar-refractivity contribution in [2.75, 3.05) is 5.32 Å². The molecule has 3 aliphatic heterocycles. The summed E-state index contributed by atoms with van der Waals surface area (Å²) in [6, 6.07) is 2.10. The minimum absolute atomic E-state index is 0.0685. The van der Waals surface area contributed by atoms with Gasteiger partial charge in [0.15, 0.2) is 5.76 Å². The van der Waals surface area contributed by atoms with Gasteiger partial charge in [-0.3, -0.25) is 15.0 Å². The summed E-state index contributed by atoms with van der Waals surface area (Å²) in [5.41, 5.74) is 15.0. The number of nitrogens with zero attached hydrogens (tertiary/aromatic N) is 3. The second-order valence-electron chi connectivity index (χ2n) is 14.3. The highest BCUT2D eigenvalue weighted by molar-refractivity contribution is 7.11. The van der Waals surface area contributed by atoms with Crippen molar-refractivity contribution in [2.45, 2.75) is 97.7 Å². The quantitative estimate of drug-likeness (QED) is 0.179. The molecule has 0 amide bonds. The zero-order valence-electron chi connectivity index (χ0n) is 28.7. The molecule has 0 fully saturated rings. The first-order valence-corrected chi connectivity index (χ1v) is 20.1. The summed E-state index contributed by atoms with van der Waals surface area (Å²) in [6.07, 6.45) is 10.8. The molecule has 0 radical (unpaired) electrons. The van der Waals surface area contributed by atoms with Crippen molar-refractivity contribution in [1.29, 1.82) is 0 Å². The molecule has 0 spiro atoms. The summed E-state index contributed by atoms with van der Waals surface area (Å²) in [4.78, 5) is 19.7. The number of nitrogens with one attached hydrogen (secondary N) is 3. The molecule has 2 aliphatic carbocycles. The van der Waals surface area contributed by atoms with Crippen molar-refractivity contribution in [3.05, 3.63) is 105 Å². The Labute approximate surface area is 300 Å². The number of furan rings is 1. The normalized spacial score (nSPS) is 24.3. The number of hydrogen-bond donors (Lipinski definition) is 3. The second-order valence-corrected chi connectivity index (χ2v) is 17.0. The van der Waals surface area contributed by atoms with Crippen LogP contribution in [0.5, 0.6) is 0 Å². The first kappa shape index (κ1) is 31.3. The molecule has 0 saturated heterocycles. The Kier molecular flexibility index (Phi) is 7.81. The lowest BCUT2D eigenvalue weighted by molar-refractivity contribution is 0.492. The summed E-state index contributed by atoms with van der Waals surface area (Å²) >= 11 is 5.55. The molecular formula is C39H42N6OS3. The Bertz CT molecular complexity index is 2130. The molecule has 10 heteroatoms. The molecule has 7 nitrogen and oxygen atoms in total. The number of aryl methyl sites for hydroxylation is 2. The van der Waals surface area contributed by atoms with E-state index in [9.17, 15) is 0 Å². The van der Waals surface area contributed by atoms with E-state index >= 15 is 0 Å². The van der Waals surface area contributed by atoms with Crippen molar-refractivity contribution in [1.82, 2.24) is 10.6 Å². The van der Waals surface area contributed by atoms with E-state index < -0.39 is 0 Å². The van der Waals surface area contributed by atoms with E-state index in [2.05, 4.69) is 66.7 Å². The number of allylic oxidation sites excluding steroid dienone is 2. The van der Waals surface area contributed by atoms with Crippen LogP contribution in [0.15, 0.2) is 70.4 Å². The highest BCUT2D eigenvalue weighted by atomic mass is 32.1. The number of thiophene rings is 3. The van der Waals surface area contributed by atoms with Crippen LogP contribution in [-0.4, -0.2) is 18.0 Å². The van der Waals surface area contributed by atoms with Gasteiger partial charge < -0.3 is 20.4 Å². The Hall–Kier alpha value is -3.73. The van der Waals surface area contributed by atoms with Crippen LogP contribution < -0.4 is 16.0 Å². The minimum atomic E-state index is -0.0771. The second kappa shape index (κ2) is 12.2. The third-order valence-electron chi connectivity index (χ3n) is 11.3. The molecule has 7 heterocycles. The highest BCUT2D eigenvalue weighted by Gasteiger charge is 2.37. The molecule has 252 valence electrons. The van der Waals surface area contributed by atoms with Gasteiger partial charge in [0.1, 0.15) is 29.8 Å². The molecule has 49 heavy (non-hydrogen) atoms. The minimum Gasteiger partial charge on any atom is -0.464 e. The first-order valence-electron chi connectivity index (χ1n) is 17.4. The van der Waals surface area contributed by atoms with Gasteiger partial charge in [0, 0.05) is 32.1 Å². The molecule has 5 aliphatic rings. The van der Waals surface area contributed by atoms with E-state index in [0.29, 0.717) is 12.3 Å². The van der Waals surface area contributed by atoms with Crippen LogP contribution in [-0.2, 0) is 6.42 Å². The molecule has 0 aromatic carbocycles. The van der Waals surface area contributed by atoms with Gasteiger partial charge >= 0.3 is 0 Å². The lowest BCUT2D eigenvalue weighted by atomic mass is 9.92. The number of amidine groups is 2.